The van der Waals surface area contributed by atoms with Gasteiger partial charge in [-0.3, -0.25) is 4.98 Å². The topological polar surface area (TPSA) is 95.4 Å². The lowest BCUT2D eigenvalue weighted by Gasteiger charge is -2.35. The minimum absolute atomic E-state index is 0.104. The molecule has 0 unspecified atom stereocenters. The van der Waals surface area contributed by atoms with Crippen LogP contribution in [0, 0.1) is 0 Å². The van der Waals surface area contributed by atoms with Crippen molar-refractivity contribution >= 4 is 21.1 Å². The summed E-state index contributed by atoms with van der Waals surface area (Å²) in [6.45, 7) is 4.62. The number of oxazole rings is 1. The van der Waals surface area contributed by atoms with E-state index in [0.29, 0.717) is 18.1 Å². The summed E-state index contributed by atoms with van der Waals surface area (Å²) < 4.78 is 32.4. The number of benzene rings is 1. The number of hydrogen-bond acceptors (Lipinski definition) is 5. The molecule has 1 aliphatic rings. The van der Waals surface area contributed by atoms with Gasteiger partial charge in [-0.15, -0.1) is 0 Å². The van der Waals surface area contributed by atoms with Crippen LogP contribution in [0.4, 0.5) is 0 Å². The molecule has 3 rings (SSSR count). The van der Waals surface area contributed by atoms with Gasteiger partial charge in [0.05, 0.1) is 10.4 Å². The van der Waals surface area contributed by atoms with Gasteiger partial charge in [-0.2, -0.15) is 0 Å². The molecule has 1 aromatic heterocycles. The molecule has 1 aromatic carbocycles. The molecule has 1 fully saturated rings. The zero-order valence-electron chi connectivity index (χ0n) is 14.5. The first-order valence-electron chi connectivity index (χ1n) is 8.86. The van der Waals surface area contributed by atoms with Gasteiger partial charge in [0.2, 0.25) is 10.0 Å². The number of aromatic amines is 1. The highest BCUT2D eigenvalue weighted by molar-refractivity contribution is 7.89. The molecular formula is C17H25N3O4S. The lowest BCUT2D eigenvalue weighted by atomic mass is 10.00. The monoisotopic (exact) mass is 367 g/mol. The Morgan fingerprint density at radius 3 is 3.00 bits per heavy atom. The lowest BCUT2D eigenvalue weighted by Crippen LogP contribution is -2.40. The molecule has 2 aromatic rings. The number of likely N-dealkylation sites (tertiary alicyclic amines) is 1. The summed E-state index contributed by atoms with van der Waals surface area (Å²) in [6.07, 6.45) is 5.68. The predicted molar refractivity (Wildman–Crippen MR) is 96.1 cm³/mol. The first-order chi connectivity index (χ1) is 12.0. The molecule has 0 radical (unpaired) electrons. The third kappa shape index (κ3) is 4.31. The van der Waals surface area contributed by atoms with E-state index in [2.05, 4.69) is 21.5 Å². The van der Waals surface area contributed by atoms with Crippen LogP contribution in [-0.4, -0.2) is 44.0 Å². The van der Waals surface area contributed by atoms with Crippen molar-refractivity contribution in [1.29, 1.82) is 0 Å². The normalized spacial score (nSPS) is 19.5. The minimum Gasteiger partial charge on any atom is -0.408 e. The maximum absolute atomic E-state index is 12.4. The average molecular weight is 367 g/mol. The highest BCUT2D eigenvalue weighted by atomic mass is 32.2. The van der Waals surface area contributed by atoms with Gasteiger partial charge in [0.25, 0.3) is 0 Å². The minimum atomic E-state index is -3.61. The second-order valence-electron chi connectivity index (χ2n) is 6.52. The van der Waals surface area contributed by atoms with Crippen molar-refractivity contribution in [1.82, 2.24) is 14.6 Å². The zero-order valence-corrected chi connectivity index (χ0v) is 15.3. The standard InChI is InChI=1S/C17H25N3O4S/c1-2-13-6-3-4-10-20(13)11-5-9-18-25(22,23)14-7-8-15-16(12-14)24-17(21)19-15/h7-8,12-13,18H,2-6,9-11H2,1H3,(H,19,21)/t13-/m0/s1. The van der Waals surface area contributed by atoms with E-state index in [1.165, 1.54) is 37.5 Å². The summed E-state index contributed by atoms with van der Waals surface area (Å²) in [5.74, 6) is -0.593. The second kappa shape index (κ2) is 7.72. The van der Waals surface area contributed by atoms with Crippen molar-refractivity contribution in [2.24, 2.45) is 0 Å². The maximum atomic E-state index is 12.4. The fourth-order valence-electron chi connectivity index (χ4n) is 3.48. The highest BCUT2D eigenvalue weighted by Crippen LogP contribution is 2.19. The molecule has 1 aliphatic heterocycles. The van der Waals surface area contributed by atoms with Crippen molar-refractivity contribution in [3.63, 3.8) is 0 Å². The molecular weight excluding hydrogens is 342 g/mol. The van der Waals surface area contributed by atoms with Gasteiger partial charge in [-0.05, 0) is 50.9 Å². The molecule has 0 amide bonds. The summed E-state index contributed by atoms with van der Waals surface area (Å²) in [5.41, 5.74) is 0.728. The van der Waals surface area contributed by atoms with E-state index in [-0.39, 0.29) is 10.5 Å². The number of H-pyrrole nitrogens is 1. The van der Waals surface area contributed by atoms with Crippen molar-refractivity contribution in [2.75, 3.05) is 19.6 Å². The fourth-order valence-corrected chi connectivity index (χ4v) is 4.57. The third-order valence-electron chi connectivity index (χ3n) is 4.84. The molecule has 0 aliphatic carbocycles. The van der Waals surface area contributed by atoms with Crippen molar-refractivity contribution < 1.29 is 12.8 Å². The first-order valence-corrected chi connectivity index (χ1v) is 10.3. The highest BCUT2D eigenvalue weighted by Gasteiger charge is 2.20. The predicted octanol–water partition coefficient (Wildman–Crippen LogP) is 2.05. The molecule has 0 bridgehead atoms. The number of hydrogen-bond donors (Lipinski definition) is 2. The molecule has 1 saturated heterocycles. The lowest BCUT2D eigenvalue weighted by molar-refractivity contribution is 0.143. The summed E-state index contributed by atoms with van der Waals surface area (Å²) >= 11 is 0. The molecule has 1 atom stereocenters. The maximum Gasteiger partial charge on any atom is 0.417 e. The Labute approximate surface area is 147 Å². The van der Waals surface area contributed by atoms with E-state index in [0.717, 1.165) is 25.9 Å². The summed E-state index contributed by atoms with van der Waals surface area (Å²) in [6, 6.07) is 5.00. The van der Waals surface area contributed by atoms with Crippen LogP contribution in [-0.2, 0) is 10.0 Å². The zero-order chi connectivity index (χ0) is 17.9. The Morgan fingerprint density at radius 2 is 2.20 bits per heavy atom. The van der Waals surface area contributed by atoms with Crippen molar-refractivity contribution in [3.8, 4) is 0 Å². The van der Waals surface area contributed by atoms with E-state index in [9.17, 15) is 13.2 Å². The van der Waals surface area contributed by atoms with E-state index in [4.69, 9.17) is 4.42 Å². The number of aromatic nitrogens is 1. The quantitative estimate of drug-likeness (QED) is 0.730. The van der Waals surface area contributed by atoms with Crippen LogP contribution < -0.4 is 10.5 Å². The summed E-state index contributed by atoms with van der Waals surface area (Å²) in [4.78, 5) is 16.2. The average Bonchev–Trinajstić information content (AvgIpc) is 2.98. The first kappa shape index (κ1) is 18.2. The second-order valence-corrected chi connectivity index (χ2v) is 8.28. The Kier molecular flexibility index (Phi) is 5.61. The summed E-state index contributed by atoms with van der Waals surface area (Å²) in [5, 5.41) is 0. The third-order valence-corrected chi connectivity index (χ3v) is 6.30. The van der Waals surface area contributed by atoms with Crippen LogP contribution in [0.2, 0.25) is 0 Å². The Balaban J connectivity index is 1.56. The van der Waals surface area contributed by atoms with Gasteiger partial charge in [0.1, 0.15) is 0 Å². The molecule has 138 valence electrons. The molecule has 2 N–H and O–H groups in total. The largest absolute Gasteiger partial charge is 0.417 e. The summed E-state index contributed by atoms with van der Waals surface area (Å²) in [7, 11) is -3.61. The number of piperidine rings is 1. The fraction of sp³-hybridized carbons (Fsp3) is 0.588. The van der Waals surface area contributed by atoms with Gasteiger partial charge in [-0.1, -0.05) is 13.3 Å². The molecule has 0 saturated carbocycles. The molecule has 25 heavy (non-hydrogen) atoms. The molecule has 0 spiro atoms. The van der Waals surface area contributed by atoms with Crippen LogP contribution in [0.5, 0.6) is 0 Å². The van der Waals surface area contributed by atoms with Crippen LogP contribution in [0.3, 0.4) is 0 Å². The number of nitrogens with zero attached hydrogens (tertiary/aromatic N) is 1. The van der Waals surface area contributed by atoms with Gasteiger partial charge in [0.15, 0.2) is 5.58 Å². The van der Waals surface area contributed by atoms with E-state index in [1.807, 2.05) is 0 Å². The molecule has 8 heteroatoms. The smallest absolute Gasteiger partial charge is 0.408 e. The number of fused-ring (bicyclic) bond motifs is 1. The Bertz CT molecular complexity index is 871. The number of sulfonamides is 1. The van der Waals surface area contributed by atoms with Crippen LogP contribution in [0.25, 0.3) is 11.1 Å². The van der Waals surface area contributed by atoms with Gasteiger partial charge >= 0.3 is 5.76 Å². The SMILES string of the molecule is CC[C@H]1CCCCN1CCCNS(=O)(=O)c1ccc2[nH]c(=O)oc2c1. The van der Waals surface area contributed by atoms with Crippen LogP contribution >= 0.6 is 0 Å². The van der Waals surface area contributed by atoms with Gasteiger partial charge < -0.3 is 9.32 Å². The van der Waals surface area contributed by atoms with Gasteiger partial charge in [0, 0.05) is 18.7 Å². The molecule has 7 nitrogen and oxygen atoms in total. The van der Waals surface area contributed by atoms with Crippen LogP contribution in [0.1, 0.15) is 39.0 Å². The van der Waals surface area contributed by atoms with E-state index < -0.39 is 15.8 Å². The van der Waals surface area contributed by atoms with Crippen molar-refractivity contribution in [3.05, 3.63) is 28.7 Å². The number of rotatable bonds is 7. The Morgan fingerprint density at radius 1 is 1.36 bits per heavy atom. The number of nitrogens with one attached hydrogen (secondary N) is 2. The van der Waals surface area contributed by atoms with Gasteiger partial charge in [-0.25, -0.2) is 17.9 Å². The molecule has 2 heterocycles. The van der Waals surface area contributed by atoms with Crippen molar-refractivity contribution in [2.45, 2.75) is 50.0 Å². The van der Waals surface area contributed by atoms with E-state index in [1.54, 1.807) is 0 Å². The Hall–Kier alpha value is -1.64. The van der Waals surface area contributed by atoms with Crippen LogP contribution in [0.15, 0.2) is 32.3 Å². The van der Waals surface area contributed by atoms with E-state index >= 15 is 0 Å².